The number of carboxylic acid groups (broad SMARTS) is 1. The summed E-state index contributed by atoms with van der Waals surface area (Å²) in [7, 11) is 0. The third-order valence-electron chi connectivity index (χ3n) is 3.10. The maximum absolute atomic E-state index is 13.7. The van der Waals surface area contributed by atoms with Crippen LogP contribution >= 0.6 is 0 Å². The molecule has 0 aliphatic rings. The van der Waals surface area contributed by atoms with Gasteiger partial charge in [0.2, 0.25) is 0 Å². The number of rotatable bonds is 4. The van der Waals surface area contributed by atoms with E-state index in [2.05, 4.69) is 5.32 Å². The van der Waals surface area contributed by atoms with Crippen molar-refractivity contribution < 1.29 is 19.1 Å². The lowest BCUT2D eigenvalue weighted by atomic mass is 9.84. The summed E-state index contributed by atoms with van der Waals surface area (Å²) in [4.78, 5) is 22.9. The molecule has 0 saturated heterocycles. The maximum atomic E-state index is 13.7. The molecule has 0 spiro atoms. The van der Waals surface area contributed by atoms with Crippen LogP contribution in [0.1, 0.15) is 43.1 Å². The van der Waals surface area contributed by atoms with Crippen LogP contribution < -0.4 is 5.32 Å². The second-order valence-corrected chi connectivity index (χ2v) is 5.97. The zero-order chi connectivity index (χ0) is 15.5. The Balaban J connectivity index is 2.93. The molecule has 0 radical (unpaired) electrons. The third kappa shape index (κ3) is 4.33. The first kappa shape index (κ1) is 16.1. The molecule has 1 amide bonds. The van der Waals surface area contributed by atoms with E-state index in [4.69, 9.17) is 5.11 Å². The van der Waals surface area contributed by atoms with Gasteiger partial charge in [0.15, 0.2) is 0 Å². The summed E-state index contributed by atoms with van der Waals surface area (Å²) in [6.45, 7) is 7.21. The van der Waals surface area contributed by atoms with E-state index in [1.54, 1.807) is 13.0 Å². The number of carboxylic acids is 1. The summed E-state index contributed by atoms with van der Waals surface area (Å²) in [6, 6.07) is 3.74. The quantitative estimate of drug-likeness (QED) is 0.891. The van der Waals surface area contributed by atoms with E-state index in [1.165, 1.54) is 12.1 Å². The molecule has 20 heavy (non-hydrogen) atoms. The number of hydrogen-bond donors (Lipinski definition) is 2. The molecule has 1 unspecified atom stereocenters. The van der Waals surface area contributed by atoms with Crippen LogP contribution in [-0.2, 0) is 4.79 Å². The fourth-order valence-electron chi connectivity index (χ4n) is 1.79. The van der Waals surface area contributed by atoms with Gasteiger partial charge >= 0.3 is 5.97 Å². The fraction of sp³-hybridized carbons (Fsp3) is 0.467. The Hall–Kier alpha value is -1.91. The molecular weight excluding hydrogens is 261 g/mol. The number of carbonyl (C=O) groups is 2. The predicted octanol–water partition coefficient (Wildman–Crippen LogP) is 2.75. The molecule has 0 aromatic heterocycles. The van der Waals surface area contributed by atoms with Gasteiger partial charge in [0.05, 0.1) is 12.0 Å². The van der Waals surface area contributed by atoms with Crippen molar-refractivity contribution in [3.05, 3.63) is 35.1 Å². The average molecular weight is 281 g/mol. The zero-order valence-corrected chi connectivity index (χ0v) is 12.2. The normalized spacial score (nSPS) is 12.8. The molecular formula is C15H20FNO3. The number of aryl methyl sites for hydroxylation is 1. The van der Waals surface area contributed by atoms with E-state index in [-0.39, 0.29) is 12.0 Å². The highest BCUT2D eigenvalue weighted by molar-refractivity contribution is 5.95. The summed E-state index contributed by atoms with van der Waals surface area (Å²) < 4.78 is 13.7. The molecule has 2 N–H and O–H groups in total. The highest BCUT2D eigenvalue weighted by Crippen LogP contribution is 2.22. The number of aliphatic carboxylic acids is 1. The lowest BCUT2D eigenvalue weighted by Crippen LogP contribution is -2.45. The van der Waals surface area contributed by atoms with Gasteiger partial charge in [0.25, 0.3) is 5.91 Å². The van der Waals surface area contributed by atoms with Gasteiger partial charge < -0.3 is 10.4 Å². The van der Waals surface area contributed by atoms with Gasteiger partial charge in [-0.25, -0.2) is 4.39 Å². The van der Waals surface area contributed by atoms with Gasteiger partial charge in [-0.2, -0.15) is 0 Å². The predicted molar refractivity (Wildman–Crippen MR) is 74.1 cm³/mol. The molecule has 110 valence electrons. The number of halogens is 1. The van der Waals surface area contributed by atoms with Crippen LogP contribution in [0.4, 0.5) is 4.39 Å². The molecule has 0 heterocycles. The first-order valence-electron chi connectivity index (χ1n) is 6.40. The van der Waals surface area contributed by atoms with Crippen LogP contribution in [0, 0.1) is 18.2 Å². The molecule has 1 atom stereocenters. The molecule has 4 nitrogen and oxygen atoms in total. The Morgan fingerprint density at radius 1 is 1.35 bits per heavy atom. The molecule has 0 aliphatic carbocycles. The lowest BCUT2D eigenvalue weighted by molar-refractivity contribution is -0.138. The summed E-state index contributed by atoms with van der Waals surface area (Å²) in [5.41, 5.74) is 0.210. The minimum absolute atomic E-state index is 0.0739. The van der Waals surface area contributed by atoms with Gasteiger partial charge in [-0.3, -0.25) is 9.59 Å². The summed E-state index contributed by atoms with van der Waals surface area (Å²) in [6.07, 6.45) is -0.206. The SMILES string of the molecule is Cc1ccc(C(=O)NC(CC(=O)O)C(C)(C)C)c(F)c1. The van der Waals surface area contributed by atoms with Crippen LogP contribution in [0.15, 0.2) is 18.2 Å². The first-order valence-corrected chi connectivity index (χ1v) is 6.40. The number of hydrogen-bond acceptors (Lipinski definition) is 2. The average Bonchev–Trinajstić information content (AvgIpc) is 2.25. The molecule has 5 heteroatoms. The lowest BCUT2D eigenvalue weighted by Gasteiger charge is -2.30. The molecule has 0 fully saturated rings. The minimum Gasteiger partial charge on any atom is -0.481 e. The monoisotopic (exact) mass is 281 g/mol. The highest BCUT2D eigenvalue weighted by Gasteiger charge is 2.29. The first-order chi connectivity index (χ1) is 9.11. The molecule has 1 aromatic carbocycles. The van der Waals surface area contributed by atoms with Gasteiger partial charge in [-0.05, 0) is 30.0 Å². The van der Waals surface area contributed by atoms with E-state index < -0.39 is 29.2 Å². The molecule has 1 rings (SSSR count). The van der Waals surface area contributed by atoms with Crippen LogP contribution in [0.3, 0.4) is 0 Å². The highest BCUT2D eigenvalue weighted by atomic mass is 19.1. The van der Waals surface area contributed by atoms with Crippen molar-refractivity contribution in [2.75, 3.05) is 0 Å². The van der Waals surface area contributed by atoms with Gasteiger partial charge in [0.1, 0.15) is 5.82 Å². The van der Waals surface area contributed by atoms with Crippen LogP contribution in [0.25, 0.3) is 0 Å². The van der Waals surface area contributed by atoms with Crippen LogP contribution in [0.2, 0.25) is 0 Å². The number of nitrogens with one attached hydrogen (secondary N) is 1. The molecule has 0 bridgehead atoms. The van der Waals surface area contributed by atoms with E-state index in [9.17, 15) is 14.0 Å². The van der Waals surface area contributed by atoms with Gasteiger partial charge in [-0.1, -0.05) is 26.8 Å². The van der Waals surface area contributed by atoms with Crippen molar-refractivity contribution in [3.63, 3.8) is 0 Å². The second kappa shape index (κ2) is 6.03. The van der Waals surface area contributed by atoms with Crippen molar-refractivity contribution in [3.8, 4) is 0 Å². The van der Waals surface area contributed by atoms with Crippen LogP contribution in [-0.4, -0.2) is 23.0 Å². The number of carbonyl (C=O) groups excluding carboxylic acids is 1. The third-order valence-corrected chi connectivity index (χ3v) is 3.10. The van der Waals surface area contributed by atoms with Gasteiger partial charge in [0, 0.05) is 6.04 Å². The Kier molecular flexibility index (Phi) is 4.87. The molecule has 0 saturated carbocycles. The van der Waals surface area contributed by atoms with Crippen LogP contribution in [0.5, 0.6) is 0 Å². The standard InChI is InChI=1S/C15H20FNO3/c1-9-5-6-10(11(16)7-9)14(20)17-12(8-13(18)19)15(2,3)4/h5-7,12H,8H2,1-4H3,(H,17,20)(H,18,19). The van der Waals surface area contributed by atoms with Crippen molar-refractivity contribution in [1.29, 1.82) is 0 Å². The molecule has 1 aromatic rings. The van der Waals surface area contributed by atoms with Crippen molar-refractivity contribution in [2.24, 2.45) is 5.41 Å². The summed E-state index contributed by atoms with van der Waals surface area (Å²) >= 11 is 0. The Morgan fingerprint density at radius 3 is 2.40 bits per heavy atom. The number of amides is 1. The van der Waals surface area contributed by atoms with Crippen molar-refractivity contribution >= 4 is 11.9 Å². The maximum Gasteiger partial charge on any atom is 0.305 e. The zero-order valence-electron chi connectivity index (χ0n) is 12.2. The van der Waals surface area contributed by atoms with Crippen molar-refractivity contribution in [1.82, 2.24) is 5.32 Å². The molecule has 0 aliphatic heterocycles. The minimum atomic E-state index is -1.00. The largest absolute Gasteiger partial charge is 0.481 e. The van der Waals surface area contributed by atoms with Gasteiger partial charge in [-0.15, -0.1) is 0 Å². The van der Waals surface area contributed by atoms with E-state index >= 15 is 0 Å². The fourth-order valence-corrected chi connectivity index (χ4v) is 1.79. The van der Waals surface area contributed by atoms with Crippen molar-refractivity contribution in [2.45, 2.75) is 40.2 Å². The second-order valence-electron chi connectivity index (χ2n) is 5.97. The number of benzene rings is 1. The van der Waals surface area contributed by atoms with E-state index in [1.807, 2.05) is 20.8 Å². The summed E-state index contributed by atoms with van der Waals surface area (Å²) in [5, 5.41) is 11.5. The summed E-state index contributed by atoms with van der Waals surface area (Å²) in [5.74, 6) is -2.20. The van der Waals surface area contributed by atoms with E-state index in [0.717, 1.165) is 5.56 Å². The topological polar surface area (TPSA) is 66.4 Å². The van der Waals surface area contributed by atoms with E-state index in [0.29, 0.717) is 0 Å². The Morgan fingerprint density at radius 2 is 1.95 bits per heavy atom. The Labute approximate surface area is 118 Å². The smallest absolute Gasteiger partial charge is 0.305 e. The Bertz CT molecular complexity index is 520.